The molecule has 0 unspecified atom stereocenters. The summed E-state index contributed by atoms with van der Waals surface area (Å²) in [4.78, 5) is 0. The second-order valence-electron chi connectivity index (χ2n) is 4.40. The first kappa shape index (κ1) is 15.1. The smallest absolute Gasteiger partial charge is 0.161 e. The zero-order valence-corrected chi connectivity index (χ0v) is 12.0. The SMILES string of the molecule is CCOc1cc(CNc2ccc(F)c(F)c2)ccc1OC. The molecule has 0 aliphatic carbocycles. The van der Waals surface area contributed by atoms with Gasteiger partial charge in [0.05, 0.1) is 13.7 Å². The average Bonchev–Trinajstić information content (AvgIpc) is 2.49. The Hall–Kier alpha value is -2.30. The van der Waals surface area contributed by atoms with Crippen LogP contribution in [0.1, 0.15) is 12.5 Å². The minimum atomic E-state index is -0.871. The van der Waals surface area contributed by atoms with E-state index in [4.69, 9.17) is 9.47 Å². The molecule has 0 atom stereocenters. The van der Waals surface area contributed by atoms with Gasteiger partial charge in [-0.05, 0) is 36.8 Å². The van der Waals surface area contributed by atoms with Gasteiger partial charge in [0.2, 0.25) is 0 Å². The van der Waals surface area contributed by atoms with Crippen LogP contribution in [0.3, 0.4) is 0 Å². The fourth-order valence-corrected chi connectivity index (χ4v) is 1.91. The van der Waals surface area contributed by atoms with Gasteiger partial charge in [0, 0.05) is 18.3 Å². The monoisotopic (exact) mass is 293 g/mol. The Morgan fingerprint density at radius 2 is 1.81 bits per heavy atom. The number of nitrogens with one attached hydrogen (secondary N) is 1. The maximum Gasteiger partial charge on any atom is 0.161 e. The highest BCUT2D eigenvalue weighted by Crippen LogP contribution is 2.28. The van der Waals surface area contributed by atoms with E-state index in [1.54, 1.807) is 7.11 Å². The van der Waals surface area contributed by atoms with Crippen LogP contribution in [-0.2, 0) is 6.54 Å². The largest absolute Gasteiger partial charge is 0.493 e. The molecule has 112 valence electrons. The predicted octanol–water partition coefficient (Wildman–Crippen LogP) is 3.98. The summed E-state index contributed by atoms with van der Waals surface area (Å²) in [5.74, 6) is -0.411. The van der Waals surface area contributed by atoms with E-state index in [0.717, 1.165) is 17.7 Å². The molecular formula is C16H17F2NO2. The van der Waals surface area contributed by atoms with Crippen LogP contribution in [0.5, 0.6) is 11.5 Å². The molecule has 2 aromatic rings. The Labute approximate surface area is 122 Å². The molecule has 3 nitrogen and oxygen atoms in total. The third kappa shape index (κ3) is 3.84. The minimum absolute atomic E-state index is 0.467. The molecule has 0 fully saturated rings. The minimum Gasteiger partial charge on any atom is -0.493 e. The van der Waals surface area contributed by atoms with Crippen molar-refractivity contribution in [2.75, 3.05) is 19.0 Å². The topological polar surface area (TPSA) is 30.5 Å². The molecule has 2 rings (SSSR count). The summed E-state index contributed by atoms with van der Waals surface area (Å²) >= 11 is 0. The van der Waals surface area contributed by atoms with Gasteiger partial charge in [-0.3, -0.25) is 0 Å². The number of anilines is 1. The van der Waals surface area contributed by atoms with Crippen LogP contribution >= 0.6 is 0 Å². The van der Waals surface area contributed by atoms with Crippen molar-refractivity contribution >= 4 is 5.69 Å². The molecule has 0 aliphatic heterocycles. The second-order valence-corrected chi connectivity index (χ2v) is 4.40. The maximum absolute atomic E-state index is 13.1. The average molecular weight is 293 g/mol. The van der Waals surface area contributed by atoms with Crippen molar-refractivity contribution in [3.63, 3.8) is 0 Å². The molecule has 0 heterocycles. The number of methoxy groups -OCH3 is 1. The number of rotatable bonds is 6. The van der Waals surface area contributed by atoms with Crippen molar-refractivity contribution in [2.24, 2.45) is 0 Å². The van der Waals surface area contributed by atoms with Gasteiger partial charge in [0.1, 0.15) is 0 Å². The van der Waals surface area contributed by atoms with Crippen LogP contribution in [0, 0.1) is 11.6 Å². The van der Waals surface area contributed by atoms with Crippen molar-refractivity contribution in [1.82, 2.24) is 0 Å². The number of hydrogen-bond donors (Lipinski definition) is 1. The highest BCUT2D eigenvalue weighted by molar-refractivity contribution is 5.47. The van der Waals surface area contributed by atoms with Gasteiger partial charge >= 0.3 is 0 Å². The zero-order chi connectivity index (χ0) is 15.2. The third-order valence-electron chi connectivity index (χ3n) is 2.94. The van der Waals surface area contributed by atoms with Crippen molar-refractivity contribution in [2.45, 2.75) is 13.5 Å². The molecule has 1 N–H and O–H groups in total. The number of halogens is 2. The van der Waals surface area contributed by atoms with Gasteiger partial charge in [-0.25, -0.2) is 8.78 Å². The highest BCUT2D eigenvalue weighted by atomic mass is 19.2. The Balaban J connectivity index is 2.08. The molecule has 2 aromatic carbocycles. The molecule has 21 heavy (non-hydrogen) atoms. The van der Waals surface area contributed by atoms with Crippen molar-refractivity contribution in [3.05, 3.63) is 53.6 Å². The Morgan fingerprint density at radius 3 is 2.48 bits per heavy atom. The summed E-state index contributed by atoms with van der Waals surface area (Å²) in [5.41, 5.74) is 1.46. The standard InChI is InChI=1S/C16H17F2NO2/c1-3-21-16-8-11(4-7-15(16)20-2)10-19-12-5-6-13(17)14(18)9-12/h4-9,19H,3,10H2,1-2H3. The van der Waals surface area contributed by atoms with Crippen LogP contribution in [0.25, 0.3) is 0 Å². The van der Waals surface area contributed by atoms with E-state index in [-0.39, 0.29) is 0 Å². The first-order valence-corrected chi connectivity index (χ1v) is 6.62. The molecule has 0 radical (unpaired) electrons. The summed E-state index contributed by atoms with van der Waals surface area (Å²) in [6.07, 6.45) is 0. The van der Waals surface area contributed by atoms with Gasteiger partial charge in [-0.15, -0.1) is 0 Å². The lowest BCUT2D eigenvalue weighted by molar-refractivity contribution is 0.310. The fraction of sp³-hybridized carbons (Fsp3) is 0.250. The van der Waals surface area contributed by atoms with Crippen LogP contribution < -0.4 is 14.8 Å². The van der Waals surface area contributed by atoms with Crippen molar-refractivity contribution in [1.29, 1.82) is 0 Å². The van der Waals surface area contributed by atoms with Gasteiger partial charge < -0.3 is 14.8 Å². The Kier molecular flexibility index (Phi) is 4.98. The lowest BCUT2D eigenvalue weighted by Gasteiger charge is -2.12. The van der Waals surface area contributed by atoms with E-state index < -0.39 is 11.6 Å². The van der Waals surface area contributed by atoms with Gasteiger partial charge in [0.25, 0.3) is 0 Å². The van der Waals surface area contributed by atoms with E-state index in [0.29, 0.717) is 30.3 Å². The molecule has 0 aromatic heterocycles. The first-order chi connectivity index (χ1) is 10.1. The van der Waals surface area contributed by atoms with Crippen molar-refractivity contribution in [3.8, 4) is 11.5 Å². The molecule has 0 bridgehead atoms. The molecule has 0 saturated heterocycles. The zero-order valence-electron chi connectivity index (χ0n) is 12.0. The molecule has 0 spiro atoms. The van der Waals surface area contributed by atoms with Gasteiger partial charge in [-0.2, -0.15) is 0 Å². The predicted molar refractivity (Wildman–Crippen MR) is 77.8 cm³/mol. The van der Waals surface area contributed by atoms with Crippen LogP contribution in [0.2, 0.25) is 0 Å². The Bertz CT molecular complexity index is 617. The van der Waals surface area contributed by atoms with Gasteiger partial charge in [-0.1, -0.05) is 6.07 Å². The van der Waals surface area contributed by atoms with Gasteiger partial charge in [0.15, 0.2) is 23.1 Å². The quantitative estimate of drug-likeness (QED) is 0.873. The second kappa shape index (κ2) is 6.92. The number of benzene rings is 2. The molecule has 0 aliphatic rings. The maximum atomic E-state index is 13.1. The normalized spacial score (nSPS) is 10.3. The van der Waals surface area contributed by atoms with E-state index in [1.807, 2.05) is 25.1 Å². The lowest BCUT2D eigenvalue weighted by Crippen LogP contribution is -2.02. The summed E-state index contributed by atoms with van der Waals surface area (Å²) in [7, 11) is 1.58. The van der Waals surface area contributed by atoms with E-state index >= 15 is 0 Å². The van der Waals surface area contributed by atoms with Crippen LogP contribution in [-0.4, -0.2) is 13.7 Å². The third-order valence-corrected chi connectivity index (χ3v) is 2.94. The molecule has 0 amide bonds. The first-order valence-electron chi connectivity index (χ1n) is 6.62. The molecule has 5 heteroatoms. The summed E-state index contributed by atoms with van der Waals surface area (Å²) in [6, 6.07) is 9.27. The molecular weight excluding hydrogens is 276 g/mol. The number of hydrogen-bond acceptors (Lipinski definition) is 3. The van der Waals surface area contributed by atoms with E-state index in [1.165, 1.54) is 6.07 Å². The lowest BCUT2D eigenvalue weighted by atomic mass is 10.2. The summed E-state index contributed by atoms with van der Waals surface area (Å²) in [5, 5.41) is 3.03. The van der Waals surface area contributed by atoms with Crippen molar-refractivity contribution < 1.29 is 18.3 Å². The highest BCUT2D eigenvalue weighted by Gasteiger charge is 2.06. The van der Waals surface area contributed by atoms with E-state index in [2.05, 4.69) is 5.32 Å². The van der Waals surface area contributed by atoms with Crippen LogP contribution in [0.4, 0.5) is 14.5 Å². The summed E-state index contributed by atoms with van der Waals surface area (Å²) in [6.45, 7) is 2.90. The van der Waals surface area contributed by atoms with E-state index in [9.17, 15) is 8.78 Å². The summed E-state index contributed by atoms with van der Waals surface area (Å²) < 4.78 is 36.7. The van der Waals surface area contributed by atoms with Crippen LogP contribution in [0.15, 0.2) is 36.4 Å². The number of ether oxygens (including phenoxy) is 2. The molecule has 0 saturated carbocycles. The fourth-order valence-electron chi connectivity index (χ4n) is 1.91. The Morgan fingerprint density at radius 1 is 1.00 bits per heavy atom.